The number of nitrogens with one attached hydrogen (secondary N) is 1. The van der Waals surface area contributed by atoms with Crippen LogP contribution in [0.1, 0.15) is 38.3 Å². The molecule has 0 aliphatic heterocycles. The zero-order valence-electron chi connectivity index (χ0n) is 20.0. The van der Waals surface area contributed by atoms with E-state index in [2.05, 4.69) is 21.2 Å². The van der Waals surface area contributed by atoms with Crippen molar-refractivity contribution in [2.75, 3.05) is 17.1 Å². The minimum Gasteiger partial charge on any atom is -0.352 e. The summed E-state index contributed by atoms with van der Waals surface area (Å²) in [6.45, 7) is 6.73. The minimum atomic E-state index is -3.80. The molecule has 7 nitrogen and oxygen atoms in total. The zero-order chi connectivity index (χ0) is 25.6. The third-order valence-electron chi connectivity index (χ3n) is 5.54. The number of aryl methyl sites for hydroxylation is 1. The fourth-order valence-electron chi connectivity index (χ4n) is 3.23. The Morgan fingerprint density at radius 2 is 1.74 bits per heavy atom. The molecular formula is C24H31BrFN3O4S. The SMILES string of the molecule is CC[C@H](C)NC(=O)[C@H](C)N(Cc1ccc(F)cc1)C(=O)CN(c1ccc(Br)c(C)c1)S(C)(=O)=O. The summed E-state index contributed by atoms with van der Waals surface area (Å²) in [5.41, 5.74) is 1.77. The molecule has 0 spiro atoms. The molecule has 0 aliphatic carbocycles. The highest BCUT2D eigenvalue weighted by molar-refractivity contribution is 9.10. The van der Waals surface area contributed by atoms with Crippen LogP contribution in [0.4, 0.5) is 10.1 Å². The average molecular weight is 556 g/mol. The molecule has 0 aromatic heterocycles. The van der Waals surface area contributed by atoms with Crippen molar-refractivity contribution >= 4 is 43.5 Å². The van der Waals surface area contributed by atoms with Crippen molar-refractivity contribution < 1.29 is 22.4 Å². The number of halogens is 2. The van der Waals surface area contributed by atoms with Gasteiger partial charge in [0.25, 0.3) is 0 Å². The van der Waals surface area contributed by atoms with E-state index < -0.39 is 34.3 Å². The van der Waals surface area contributed by atoms with Crippen molar-refractivity contribution in [1.82, 2.24) is 10.2 Å². The van der Waals surface area contributed by atoms with E-state index in [0.29, 0.717) is 11.3 Å². The molecular weight excluding hydrogens is 525 g/mol. The molecule has 0 radical (unpaired) electrons. The Hall–Kier alpha value is -2.46. The monoisotopic (exact) mass is 555 g/mol. The summed E-state index contributed by atoms with van der Waals surface area (Å²) in [5, 5.41) is 2.86. The first-order chi connectivity index (χ1) is 15.8. The summed E-state index contributed by atoms with van der Waals surface area (Å²) in [6.07, 6.45) is 1.75. The van der Waals surface area contributed by atoms with Gasteiger partial charge in [-0.25, -0.2) is 12.8 Å². The third kappa shape index (κ3) is 7.53. The molecule has 0 bridgehead atoms. The lowest BCUT2D eigenvalue weighted by Crippen LogP contribution is -2.52. The summed E-state index contributed by atoms with van der Waals surface area (Å²) in [4.78, 5) is 27.6. The number of anilines is 1. The van der Waals surface area contributed by atoms with Crippen molar-refractivity contribution in [3.8, 4) is 0 Å². The van der Waals surface area contributed by atoms with Crippen LogP contribution < -0.4 is 9.62 Å². The number of amides is 2. The van der Waals surface area contributed by atoms with Gasteiger partial charge in [-0.15, -0.1) is 0 Å². The van der Waals surface area contributed by atoms with Crippen molar-refractivity contribution in [1.29, 1.82) is 0 Å². The molecule has 0 unspecified atom stereocenters. The topological polar surface area (TPSA) is 86.8 Å². The maximum atomic E-state index is 13.5. The summed E-state index contributed by atoms with van der Waals surface area (Å²) >= 11 is 3.39. The summed E-state index contributed by atoms with van der Waals surface area (Å²) in [7, 11) is -3.80. The number of carbonyl (C=O) groups excluding carboxylic acids is 2. The lowest BCUT2D eigenvalue weighted by molar-refractivity contribution is -0.139. The van der Waals surface area contributed by atoms with Gasteiger partial charge in [0.1, 0.15) is 18.4 Å². The van der Waals surface area contributed by atoms with E-state index in [1.807, 2.05) is 20.8 Å². The van der Waals surface area contributed by atoms with Gasteiger partial charge in [0.15, 0.2) is 0 Å². The van der Waals surface area contributed by atoms with Gasteiger partial charge < -0.3 is 10.2 Å². The number of carbonyl (C=O) groups is 2. The normalized spacial score (nSPS) is 13.1. The standard InChI is InChI=1S/C24H31BrFN3O4S/c1-6-17(3)27-24(31)18(4)28(14-19-7-9-20(26)10-8-19)23(30)15-29(34(5,32)33)21-11-12-22(25)16(2)13-21/h7-13,17-18H,6,14-15H2,1-5H3,(H,27,31)/t17-,18-/m0/s1. The largest absolute Gasteiger partial charge is 0.352 e. The predicted octanol–water partition coefficient (Wildman–Crippen LogP) is 3.99. The third-order valence-corrected chi connectivity index (χ3v) is 7.57. The number of nitrogens with zero attached hydrogens (tertiary/aromatic N) is 2. The van der Waals surface area contributed by atoms with Gasteiger partial charge in [-0.05, 0) is 68.7 Å². The van der Waals surface area contributed by atoms with Crippen LogP contribution in [-0.2, 0) is 26.2 Å². The van der Waals surface area contributed by atoms with E-state index >= 15 is 0 Å². The van der Waals surface area contributed by atoms with E-state index in [1.54, 1.807) is 25.1 Å². The lowest BCUT2D eigenvalue weighted by atomic mass is 10.1. The summed E-state index contributed by atoms with van der Waals surface area (Å²) < 4.78 is 40.4. The van der Waals surface area contributed by atoms with Crippen LogP contribution in [0, 0.1) is 12.7 Å². The van der Waals surface area contributed by atoms with E-state index in [-0.39, 0.29) is 18.5 Å². The van der Waals surface area contributed by atoms with Gasteiger partial charge in [0, 0.05) is 17.1 Å². The number of hydrogen-bond acceptors (Lipinski definition) is 4. The molecule has 2 aromatic rings. The zero-order valence-corrected chi connectivity index (χ0v) is 22.4. The van der Waals surface area contributed by atoms with Crippen LogP contribution in [0.3, 0.4) is 0 Å². The van der Waals surface area contributed by atoms with Gasteiger partial charge in [-0.3, -0.25) is 13.9 Å². The summed E-state index contributed by atoms with van der Waals surface area (Å²) in [6, 6.07) is 9.63. The molecule has 0 heterocycles. The Labute approximate surface area is 209 Å². The molecule has 0 saturated heterocycles. The van der Waals surface area contributed by atoms with Crippen LogP contribution in [0.2, 0.25) is 0 Å². The Morgan fingerprint density at radius 3 is 2.26 bits per heavy atom. The first kappa shape index (κ1) is 27.8. The van der Waals surface area contributed by atoms with Crippen molar-refractivity contribution in [2.45, 2.75) is 52.7 Å². The predicted molar refractivity (Wildman–Crippen MR) is 135 cm³/mol. The van der Waals surface area contributed by atoms with Crippen molar-refractivity contribution in [3.63, 3.8) is 0 Å². The number of benzene rings is 2. The van der Waals surface area contributed by atoms with Gasteiger partial charge >= 0.3 is 0 Å². The molecule has 10 heteroatoms. The van der Waals surface area contributed by atoms with Crippen molar-refractivity contribution in [2.24, 2.45) is 0 Å². The molecule has 0 saturated carbocycles. The smallest absolute Gasteiger partial charge is 0.244 e. The van der Waals surface area contributed by atoms with Gasteiger partial charge in [0.2, 0.25) is 21.8 Å². The number of rotatable bonds is 10. The van der Waals surface area contributed by atoms with E-state index in [4.69, 9.17) is 0 Å². The molecule has 2 rings (SSSR count). The second-order valence-corrected chi connectivity index (χ2v) is 11.1. The quantitative estimate of drug-likeness (QED) is 0.480. The molecule has 2 aromatic carbocycles. The highest BCUT2D eigenvalue weighted by atomic mass is 79.9. The summed E-state index contributed by atoms with van der Waals surface area (Å²) in [5.74, 6) is -1.32. The maximum Gasteiger partial charge on any atom is 0.244 e. The Balaban J connectivity index is 2.39. The number of hydrogen-bond donors (Lipinski definition) is 1. The van der Waals surface area contributed by atoms with Crippen LogP contribution >= 0.6 is 15.9 Å². The molecule has 186 valence electrons. The van der Waals surface area contributed by atoms with Crippen LogP contribution in [0.5, 0.6) is 0 Å². The second kappa shape index (κ2) is 11.8. The Morgan fingerprint density at radius 1 is 1.12 bits per heavy atom. The van der Waals surface area contributed by atoms with Gasteiger partial charge in [-0.2, -0.15) is 0 Å². The fourth-order valence-corrected chi connectivity index (χ4v) is 4.32. The first-order valence-electron chi connectivity index (χ1n) is 10.9. The first-order valence-corrected chi connectivity index (χ1v) is 13.6. The second-order valence-electron chi connectivity index (χ2n) is 8.35. The van der Waals surface area contributed by atoms with Crippen LogP contribution in [0.15, 0.2) is 46.9 Å². The van der Waals surface area contributed by atoms with Crippen molar-refractivity contribution in [3.05, 3.63) is 63.9 Å². The molecule has 34 heavy (non-hydrogen) atoms. The van der Waals surface area contributed by atoms with Gasteiger partial charge in [-0.1, -0.05) is 35.0 Å². The van der Waals surface area contributed by atoms with E-state index in [9.17, 15) is 22.4 Å². The molecule has 1 N–H and O–H groups in total. The Bertz CT molecular complexity index is 1130. The fraction of sp³-hybridized carbons (Fsp3) is 0.417. The molecule has 2 amide bonds. The van der Waals surface area contributed by atoms with E-state index in [1.165, 1.54) is 29.2 Å². The minimum absolute atomic E-state index is 0.0190. The Kier molecular flexibility index (Phi) is 9.64. The highest BCUT2D eigenvalue weighted by Crippen LogP contribution is 2.25. The van der Waals surface area contributed by atoms with Crippen LogP contribution in [0.25, 0.3) is 0 Å². The molecule has 0 fully saturated rings. The molecule has 0 aliphatic rings. The highest BCUT2D eigenvalue weighted by Gasteiger charge is 2.30. The molecule has 2 atom stereocenters. The average Bonchev–Trinajstić information content (AvgIpc) is 2.77. The maximum absolute atomic E-state index is 13.5. The lowest BCUT2D eigenvalue weighted by Gasteiger charge is -2.32. The van der Waals surface area contributed by atoms with E-state index in [0.717, 1.165) is 27.0 Å². The number of sulfonamides is 1. The van der Waals surface area contributed by atoms with Crippen LogP contribution in [-0.4, -0.2) is 50.0 Å². The van der Waals surface area contributed by atoms with Gasteiger partial charge in [0.05, 0.1) is 11.9 Å².